The third kappa shape index (κ3) is 3.33. The zero-order chi connectivity index (χ0) is 15.4. The van der Waals surface area contributed by atoms with Crippen LogP contribution in [0.25, 0.3) is 11.1 Å². The lowest BCUT2D eigenvalue weighted by Gasteiger charge is -2.31. The molecule has 6 heteroatoms. The Morgan fingerprint density at radius 1 is 1.14 bits per heavy atom. The van der Waals surface area contributed by atoms with Crippen LogP contribution in [0.1, 0.15) is 12.8 Å². The summed E-state index contributed by atoms with van der Waals surface area (Å²) in [5.74, 6) is 0. The van der Waals surface area contributed by atoms with Crippen molar-refractivity contribution in [3.63, 3.8) is 0 Å². The van der Waals surface area contributed by atoms with Crippen molar-refractivity contribution < 1.29 is 9.90 Å². The van der Waals surface area contributed by atoms with Gasteiger partial charge in [-0.2, -0.15) is 0 Å². The first-order chi connectivity index (χ1) is 10.7. The number of likely N-dealkylation sites (tertiary alicyclic amines) is 1. The first-order valence-corrected chi connectivity index (χ1v) is 7.32. The van der Waals surface area contributed by atoms with E-state index >= 15 is 0 Å². The standard InChI is InChI=1S/C16H18N4O2/c21-16(22)20-7-3-14(4-8-20)19-15-9-13(10-18-11-15)12-1-5-17-6-2-12/h1-2,5-6,9-11,14,19H,3-4,7-8H2,(H,21,22). The van der Waals surface area contributed by atoms with Crippen LogP contribution >= 0.6 is 0 Å². The van der Waals surface area contributed by atoms with Crippen LogP contribution in [0.3, 0.4) is 0 Å². The van der Waals surface area contributed by atoms with Crippen molar-refractivity contribution in [2.45, 2.75) is 18.9 Å². The number of rotatable bonds is 3. The molecule has 1 aliphatic rings. The molecule has 0 spiro atoms. The Morgan fingerprint density at radius 2 is 1.86 bits per heavy atom. The lowest BCUT2D eigenvalue weighted by Crippen LogP contribution is -2.41. The fraction of sp³-hybridized carbons (Fsp3) is 0.312. The summed E-state index contributed by atoms with van der Waals surface area (Å²) in [6.45, 7) is 1.15. The molecule has 1 saturated heterocycles. The molecule has 3 heterocycles. The Labute approximate surface area is 128 Å². The van der Waals surface area contributed by atoms with Gasteiger partial charge in [0, 0.05) is 49.5 Å². The van der Waals surface area contributed by atoms with Gasteiger partial charge in [-0.15, -0.1) is 0 Å². The first kappa shape index (κ1) is 14.3. The fourth-order valence-corrected chi connectivity index (χ4v) is 2.67. The molecule has 1 aliphatic heterocycles. The predicted molar refractivity (Wildman–Crippen MR) is 83.7 cm³/mol. The lowest BCUT2D eigenvalue weighted by atomic mass is 10.0. The maximum Gasteiger partial charge on any atom is 0.407 e. The highest BCUT2D eigenvalue weighted by atomic mass is 16.4. The molecule has 6 nitrogen and oxygen atoms in total. The second-order valence-corrected chi connectivity index (χ2v) is 5.39. The average molecular weight is 298 g/mol. The minimum absolute atomic E-state index is 0.282. The summed E-state index contributed by atoms with van der Waals surface area (Å²) in [6, 6.07) is 6.24. The summed E-state index contributed by atoms with van der Waals surface area (Å²) in [5.41, 5.74) is 3.07. The normalized spacial score (nSPS) is 15.5. The summed E-state index contributed by atoms with van der Waals surface area (Å²) < 4.78 is 0. The molecule has 0 saturated carbocycles. The fourth-order valence-electron chi connectivity index (χ4n) is 2.67. The van der Waals surface area contributed by atoms with Crippen LogP contribution in [0, 0.1) is 0 Å². The highest BCUT2D eigenvalue weighted by Gasteiger charge is 2.22. The van der Waals surface area contributed by atoms with Crippen LogP contribution < -0.4 is 5.32 Å². The smallest absolute Gasteiger partial charge is 0.407 e. The second-order valence-electron chi connectivity index (χ2n) is 5.39. The number of nitrogens with one attached hydrogen (secondary N) is 1. The minimum atomic E-state index is -0.834. The quantitative estimate of drug-likeness (QED) is 0.911. The Kier molecular flexibility index (Phi) is 4.18. The first-order valence-electron chi connectivity index (χ1n) is 7.32. The average Bonchev–Trinajstić information content (AvgIpc) is 2.56. The zero-order valence-electron chi connectivity index (χ0n) is 12.1. The van der Waals surface area contributed by atoms with E-state index in [0.717, 1.165) is 29.7 Å². The highest BCUT2D eigenvalue weighted by Crippen LogP contribution is 2.22. The molecule has 1 fully saturated rings. The molecular weight excluding hydrogens is 280 g/mol. The number of amides is 1. The molecule has 0 unspecified atom stereocenters. The molecule has 2 aromatic rings. The summed E-state index contributed by atoms with van der Waals surface area (Å²) in [5, 5.41) is 12.4. The van der Waals surface area contributed by atoms with Crippen LogP contribution in [0.15, 0.2) is 43.0 Å². The van der Waals surface area contributed by atoms with Gasteiger partial charge in [0.05, 0.1) is 5.69 Å². The van der Waals surface area contributed by atoms with Crippen molar-refractivity contribution in [1.29, 1.82) is 0 Å². The van der Waals surface area contributed by atoms with E-state index in [-0.39, 0.29) is 6.04 Å². The van der Waals surface area contributed by atoms with E-state index < -0.39 is 6.09 Å². The number of aromatic nitrogens is 2. The number of carboxylic acid groups (broad SMARTS) is 1. The molecule has 22 heavy (non-hydrogen) atoms. The molecule has 0 aliphatic carbocycles. The molecular formula is C16H18N4O2. The van der Waals surface area contributed by atoms with Gasteiger partial charge in [0.1, 0.15) is 0 Å². The van der Waals surface area contributed by atoms with E-state index in [0.29, 0.717) is 13.1 Å². The maximum atomic E-state index is 10.9. The summed E-state index contributed by atoms with van der Waals surface area (Å²) in [6.07, 6.45) is 7.94. The SMILES string of the molecule is O=C(O)N1CCC(Nc2cncc(-c3ccncc3)c2)CC1. The molecule has 2 aromatic heterocycles. The zero-order valence-corrected chi connectivity index (χ0v) is 12.1. The molecule has 0 atom stereocenters. The van der Waals surface area contributed by atoms with E-state index in [4.69, 9.17) is 5.11 Å². The van der Waals surface area contributed by atoms with E-state index in [1.54, 1.807) is 18.6 Å². The second kappa shape index (κ2) is 6.43. The molecule has 1 amide bonds. The van der Waals surface area contributed by atoms with Crippen LogP contribution in [0.5, 0.6) is 0 Å². The third-order valence-electron chi connectivity index (χ3n) is 3.89. The van der Waals surface area contributed by atoms with Gasteiger partial charge in [-0.25, -0.2) is 4.79 Å². The van der Waals surface area contributed by atoms with Gasteiger partial charge in [0.2, 0.25) is 0 Å². The largest absolute Gasteiger partial charge is 0.465 e. The van der Waals surface area contributed by atoms with Crippen LogP contribution in [0.2, 0.25) is 0 Å². The van der Waals surface area contributed by atoms with Crippen molar-refractivity contribution in [3.05, 3.63) is 43.0 Å². The van der Waals surface area contributed by atoms with E-state index in [1.807, 2.05) is 18.3 Å². The number of anilines is 1. The molecule has 0 bridgehead atoms. The van der Waals surface area contributed by atoms with Gasteiger partial charge < -0.3 is 15.3 Å². The van der Waals surface area contributed by atoms with Crippen LogP contribution in [0.4, 0.5) is 10.5 Å². The van der Waals surface area contributed by atoms with E-state index in [9.17, 15) is 4.79 Å². The minimum Gasteiger partial charge on any atom is -0.465 e. The van der Waals surface area contributed by atoms with Crippen molar-refractivity contribution in [2.24, 2.45) is 0 Å². The topological polar surface area (TPSA) is 78.4 Å². The molecule has 114 valence electrons. The third-order valence-corrected chi connectivity index (χ3v) is 3.89. The maximum absolute atomic E-state index is 10.9. The summed E-state index contributed by atoms with van der Waals surface area (Å²) in [7, 11) is 0. The van der Waals surface area contributed by atoms with Gasteiger partial charge in [-0.3, -0.25) is 9.97 Å². The Balaban J connectivity index is 1.66. The van der Waals surface area contributed by atoms with Crippen LogP contribution in [-0.4, -0.2) is 45.2 Å². The highest BCUT2D eigenvalue weighted by molar-refractivity contribution is 5.66. The molecule has 0 radical (unpaired) electrons. The Bertz CT molecular complexity index is 640. The number of hydrogen-bond acceptors (Lipinski definition) is 4. The summed E-state index contributed by atoms with van der Waals surface area (Å²) >= 11 is 0. The predicted octanol–water partition coefficient (Wildman–Crippen LogP) is 2.70. The number of hydrogen-bond donors (Lipinski definition) is 2. The Morgan fingerprint density at radius 3 is 2.55 bits per heavy atom. The lowest BCUT2D eigenvalue weighted by molar-refractivity contribution is 0.134. The monoisotopic (exact) mass is 298 g/mol. The number of pyridine rings is 2. The van der Waals surface area contributed by atoms with Crippen molar-refractivity contribution in [3.8, 4) is 11.1 Å². The van der Waals surface area contributed by atoms with Crippen LogP contribution in [-0.2, 0) is 0 Å². The summed E-state index contributed by atoms with van der Waals surface area (Å²) in [4.78, 5) is 20.7. The van der Waals surface area contributed by atoms with E-state index in [2.05, 4.69) is 21.4 Å². The Hall–Kier alpha value is -2.63. The van der Waals surface area contributed by atoms with Crippen molar-refractivity contribution in [1.82, 2.24) is 14.9 Å². The van der Waals surface area contributed by atoms with Gasteiger partial charge in [0.25, 0.3) is 0 Å². The van der Waals surface area contributed by atoms with E-state index in [1.165, 1.54) is 4.90 Å². The van der Waals surface area contributed by atoms with Crippen molar-refractivity contribution >= 4 is 11.8 Å². The molecule has 0 aromatic carbocycles. The number of piperidine rings is 1. The number of nitrogens with zero attached hydrogens (tertiary/aromatic N) is 3. The number of carbonyl (C=O) groups is 1. The molecule has 2 N–H and O–H groups in total. The van der Waals surface area contributed by atoms with Gasteiger partial charge in [-0.1, -0.05) is 0 Å². The van der Waals surface area contributed by atoms with Gasteiger partial charge in [0.15, 0.2) is 0 Å². The molecule has 3 rings (SSSR count). The van der Waals surface area contributed by atoms with Crippen molar-refractivity contribution in [2.75, 3.05) is 18.4 Å². The van der Waals surface area contributed by atoms with Gasteiger partial charge >= 0.3 is 6.09 Å². The van der Waals surface area contributed by atoms with Gasteiger partial charge in [-0.05, 0) is 36.6 Å².